The molecule has 0 aromatic heterocycles. The fraction of sp³-hybridized carbons (Fsp3) is 1.00. The summed E-state index contributed by atoms with van der Waals surface area (Å²) in [5, 5.41) is 3.73. The van der Waals surface area contributed by atoms with Crippen LogP contribution in [0.3, 0.4) is 0 Å². The topological polar surface area (TPSA) is 58.2 Å². The summed E-state index contributed by atoms with van der Waals surface area (Å²) in [6.45, 7) is 1.54. The van der Waals surface area contributed by atoms with E-state index in [1.54, 1.807) is 0 Å². The number of piperidine rings is 1. The summed E-state index contributed by atoms with van der Waals surface area (Å²) in [7, 11) is -3.12. The maximum absolute atomic E-state index is 12.0. The van der Waals surface area contributed by atoms with Gasteiger partial charge in [-0.25, -0.2) is 13.1 Å². The third-order valence-corrected chi connectivity index (χ3v) is 7.54. The van der Waals surface area contributed by atoms with Crippen LogP contribution in [0.2, 0.25) is 0 Å². The van der Waals surface area contributed by atoms with E-state index >= 15 is 0 Å². The fourth-order valence-corrected chi connectivity index (χ4v) is 6.37. The predicted octanol–water partition coefficient (Wildman–Crippen LogP) is 0.897. The second-order valence-corrected chi connectivity index (χ2v) is 9.25. The highest BCUT2D eigenvalue weighted by Gasteiger charge is 2.22. The van der Waals surface area contributed by atoms with Crippen molar-refractivity contribution in [3.05, 3.63) is 0 Å². The molecule has 2 aliphatic heterocycles. The fourth-order valence-electron chi connectivity index (χ4n) is 2.26. The van der Waals surface area contributed by atoms with Crippen molar-refractivity contribution in [3.8, 4) is 0 Å². The summed E-state index contributed by atoms with van der Waals surface area (Å²) in [5.41, 5.74) is 0. The van der Waals surface area contributed by atoms with Crippen LogP contribution in [0.15, 0.2) is 0 Å². The van der Waals surface area contributed by atoms with Gasteiger partial charge in [-0.1, -0.05) is 6.42 Å². The van der Waals surface area contributed by atoms with Crippen LogP contribution in [0.5, 0.6) is 0 Å². The molecule has 0 spiro atoms. The smallest absolute Gasteiger partial charge is 0.213 e. The molecule has 7 heteroatoms. The highest BCUT2D eigenvalue weighted by Crippen LogP contribution is 2.23. The number of rotatable bonds is 5. The molecule has 0 saturated carbocycles. The van der Waals surface area contributed by atoms with Crippen LogP contribution < -0.4 is 10.0 Å². The lowest BCUT2D eigenvalue weighted by Crippen LogP contribution is -2.44. The lowest BCUT2D eigenvalue weighted by molar-refractivity contribution is 0.422. The van der Waals surface area contributed by atoms with E-state index in [-0.39, 0.29) is 11.8 Å². The molecule has 106 valence electrons. The van der Waals surface area contributed by atoms with Gasteiger partial charge < -0.3 is 5.32 Å². The van der Waals surface area contributed by atoms with E-state index < -0.39 is 10.0 Å². The summed E-state index contributed by atoms with van der Waals surface area (Å²) >= 11 is 3.81. The third-order valence-electron chi connectivity index (χ3n) is 3.25. The minimum Gasteiger partial charge on any atom is -0.313 e. The largest absolute Gasteiger partial charge is 0.313 e. The quantitative estimate of drug-likeness (QED) is 0.790. The molecule has 2 saturated heterocycles. The molecule has 2 fully saturated rings. The van der Waals surface area contributed by atoms with Crippen LogP contribution in [0, 0.1) is 0 Å². The number of nitrogens with one attached hydrogen (secondary N) is 2. The lowest BCUT2D eigenvalue weighted by Gasteiger charge is -2.24. The highest BCUT2D eigenvalue weighted by atomic mass is 32.2. The Hall–Kier alpha value is 0.570. The lowest BCUT2D eigenvalue weighted by atomic mass is 10.1. The van der Waals surface area contributed by atoms with E-state index in [2.05, 4.69) is 10.0 Å². The maximum atomic E-state index is 12.0. The Balaban J connectivity index is 1.72. The Labute approximate surface area is 118 Å². The molecule has 2 N–H and O–H groups in total. The standard InChI is InChI=1S/C11H22N2O2S3/c14-18(15,9-10-3-1-2-4-12-10)13-7-11-8-16-5-6-17-11/h10-13H,1-9H2. The number of sulfonamides is 1. The molecule has 0 bridgehead atoms. The number of hydrogen-bond donors (Lipinski definition) is 2. The first kappa shape index (κ1) is 15.0. The normalized spacial score (nSPS) is 30.2. The molecule has 2 unspecified atom stereocenters. The van der Waals surface area contributed by atoms with Crippen molar-refractivity contribution in [1.82, 2.24) is 10.0 Å². The summed E-state index contributed by atoms with van der Waals surface area (Å²) in [6.07, 6.45) is 3.29. The van der Waals surface area contributed by atoms with Crippen LogP contribution >= 0.6 is 23.5 Å². The van der Waals surface area contributed by atoms with Gasteiger partial charge in [-0.3, -0.25) is 0 Å². The Kier molecular flexibility index (Phi) is 6.14. The number of hydrogen-bond acceptors (Lipinski definition) is 5. The van der Waals surface area contributed by atoms with Gasteiger partial charge in [-0.2, -0.15) is 23.5 Å². The molecule has 0 amide bonds. The van der Waals surface area contributed by atoms with E-state index in [0.29, 0.717) is 11.8 Å². The Morgan fingerprint density at radius 2 is 2.17 bits per heavy atom. The van der Waals surface area contributed by atoms with Crippen molar-refractivity contribution in [2.24, 2.45) is 0 Å². The Morgan fingerprint density at radius 3 is 2.83 bits per heavy atom. The van der Waals surface area contributed by atoms with Crippen LogP contribution in [0.4, 0.5) is 0 Å². The molecule has 0 aliphatic carbocycles. The molecule has 0 radical (unpaired) electrons. The highest BCUT2D eigenvalue weighted by molar-refractivity contribution is 8.06. The first-order valence-electron chi connectivity index (χ1n) is 6.56. The van der Waals surface area contributed by atoms with Gasteiger partial charge in [-0.15, -0.1) is 0 Å². The summed E-state index contributed by atoms with van der Waals surface area (Å²) < 4.78 is 26.7. The molecule has 2 aliphatic rings. The molecular formula is C11H22N2O2S3. The van der Waals surface area contributed by atoms with Crippen LogP contribution in [-0.4, -0.2) is 55.8 Å². The van der Waals surface area contributed by atoms with Crippen molar-refractivity contribution in [1.29, 1.82) is 0 Å². The van der Waals surface area contributed by atoms with E-state index in [0.717, 1.165) is 30.9 Å². The second kappa shape index (κ2) is 7.38. The van der Waals surface area contributed by atoms with Gasteiger partial charge in [-0.05, 0) is 19.4 Å². The predicted molar refractivity (Wildman–Crippen MR) is 81.0 cm³/mol. The molecule has 4 nitrogen and oxygen atoms in total. The first-order valence-corrected chi connectivity index (χ1v) is 10.4. The maximum Gasteiger partial charge on any atom is 0.213 e. The molecule has 2 heterocycles. The Bertz CT molecular complexity index is 336. The second-order valence-electron chi connectivity index (χ2n) is 4.84. The van der Waals surface area contributed by atoms with E-state index in [9.17, 15) is 8.42 Å². The third kappa shape index (κ3) is 5.28. The van der Waals surface area contributed by atoms with Crippen LogP contribution in [-0.2, 0) is 10.0 Å². The average molecular weight is 311 g/mol. The van der Waals surface area contributed by atoms with Crippen molar-refractivity contribution in [2.45, 2.75) is 30.6 Å². The van der Waals surface area contributed by atoms with Gasteiger partial charge in [0.1, 0.15) is 0 Å². The average Bonchev–Trinajstić information content (AvgIpc) is 2.38. The summed E-state index contributed by atoms with van der Waals surface area (Å²) in [4.78, 5) is 0. The summed E-state index contributed by atoms with van der Waals surface area (Å²) in [5.74, 6) is 3.63. The Morgan fingerprint density at radius 1 is 1.28 bits per heavy atom. The number of thioether (sulfide) groups is 2. The van der Waals surface area contributed by atoms with Crippen LogP contribution in [0.1, 0.15) is 19.3 Å². The molecular weight excluding hydrogens is 288 g/mol. The van der Waals surface area contributed by atoms with E-state index in [4.69, 9.17) is 0 Å². The van der Waals surface area contributed by atoms with Gasteiger partial charge in [0.05, 0.1) is 5.75 Å². The zero-order chi connectivity index (χ0) is 12.8. The van der Waals surface area contributed by atoms with E-state index in [1.807, 2.05) is 23.5 Å². The van der Waals surface area contributed by atoms with Gasteiger partial charge >= 0.3 is 0 Å². The molecule has 2 rings (SSSR count). The van der Waals surface area contributed by atoms with Crippen molar-refractivity contribution < 1.29 is 8.42 Å². The first-order chi connectivity index (χ1) is 8.66. The molecule has 2 atom stereocenters. The summed E-state index contributed by atoms with van der Waals surface area (Å²) in [6, 6.07) is 0.143. The van der Waals surface area contributed by atoms with Gasteiger partial charge in [0, 0.05) is 35.1 Å². The van der Waals surface area contributed by atoms with Crippen LogP contribution in [0.25, 0.3) is 0 Å². The van der Waals surface area contributed by atoms with Crippen molar-refractivity contribution >= 4 is 33.5 Å². The van der Waals surface area contributed by atoms with Gasteiger partial charge in [0.25, 0.3) is 0 Å². The molecule has 0 aromatic rings. The van der Waals surface area contributed by atoms with Crippen molar-refractivity contribution in [3.63, 3.8) is 0 Å². The molecule has 0 aromatic carbocycles. The zero-order valence-corrected chi connectivity index (χ0v) is 13.0. The SMILES string of the molecule is O=S(=O)(CC1CCCCN1)NCC1CSCCS1. The van der Waals surface area contributed by atoms with E-state index in [1.165, 1.54) is 12.2 Å². The zero-order valence-electron chi connectivity index (χ0n) is 10.6. The van der Waals surface area contributed by atoms with Crippen molar-refractivity contribution in [2.75, 3.05) is 36.1 Å². The minimum absolute atomic E-state index is 0.143. The monoisotopic (exact) mass is 310 g/mol. The van der Waals surface area contributed by atoms with Gasteiger partial charge in [0.2, 0.25) is 10.0 Å². The molecule has 18 heavy (non-hydrogen) atoms. The van der Waals surface area contributed by atoms with Gasteiger partial charge in [0.15, 0.2) is 0 Å². The minimum atomic E-state index is -3.12.